The molecule has 0 saturated carbocycles. The summed E-state index contributed by atoms with van der Waals surface area (Å²) in [5.41, 5.74) is 7.69. The Morgan fingerprint density at radius 3 is 2.42 bits per heavy atom. The second-order valence-electron chi connectivity index (χ2n) is 4.34. The van der Waals surface area contributed by atoms with Crippen LogP contribution in [-0.4, -0.2) is 12.9 Å². The molecule has 0 heterocycles. The fourth-order valence-corrected chi connectivity index (χ4v) is 1.99. The fourth-order valence-electron chi connectivity index (χ4n) is 1.99. The highest BCUT2D eigenvalue weighted by atomic mass is 16.5. The number of rotatable bonds is 5. The lowest BCUT2D eigenvalue weighted by Crippen LogP contribution is -2.23. The van der Waals surface area contributed by atoms with Crippen molar-refractivity contribution in [1.29, 1.82) is 0 Å². The first-order valence-corrected chi connectivity index (χ1v) is 6.17. The molecule has 3 heteroatoms. The Morgan fingerprint density at radius 2 is 1.74 bits per heavy atom. The molecule has 0 bridgehead atoms. The third kappa shape index (κ3) is 3.20. The summed E-state index contributed by atoms with van der Waals surface area (Å²) in [5.74, 6) is 0.701. The Labute approximate surface area is 113 Å². The molecular weight excluding hydrogens is 238 g/mol. The van der Waals surface area contributed by atoms with Crippen molar-refractivity contribution in [3.63, 3.8) is 0 Å². The third-order valence-corrected chi connectivity index (χ3v) is 3.06. The van der Waals surface area contributed by atoms with Crippen LogP contribution in [0.1, 0.15) is 17.2 Å². The summed E-state index contributed by atoms with van der Waals surface area (Å²) < 4.78 is 5.24. The number of hydrogen-bond donors (Lipinski definition) is 1. The zero-order chi connectivity index (χ0) is 13.7. The van der Waals surface area contributed by atoms with Crippen molar-refractivity contribution in [2.75, 3.05) is 7.11 Å². The summed E-state index contributed by atoms with van der Waals surface area (Å²) in [5, 5.41) is 0. The smallest absolute Gasteiger partial charge is 0.158 e. The molecular formula is C16H17NO2. The first-order chi connectivity index (χ1) is 9.22. The van der Waals surface area contributed by atoms with Gasteiger partial charge in [0, 0.05) is 12.0 Å². The maximum Gasteiger partial charge on any atom is 0.158 e. The molecule has 1 unspecified atom stereocenters. The summed E-state index contributed by atoms with van der Waals surface area (Å²) in [6.45, 7) is 0. The Balaban J connectivity index is 2.13. The summed E-state index contributed by atoms with van der Waals surface area (Å²) in [4.78, 5) is 12.2. The van der Waals surface area contributed by atoms with Crippen molar-refractivity contribution in [3.05, 3.63) is 65.7 Å². The predicted molar refractivity (Wildman–Crippen MR) is 75.1 cm³/mol. The van der Waals surface area contributed by atoms with Gasteiger partial charge in [0.05, 0.1) is 13.2 Å². The monoisotopic (exact) mass is 255 g/mol. The van der Waals surface area contributed by atoms with E-state index < -0.39 is 6.04 Å². The highest BCUT2D eigenvalue weighted by molar-refractivity contribution is 5.87. The van der Waals surface area contributed by atoms with Crippen molar-refractivity contribution in [2.24, 2.45) is 5.73 Å². The van der Waals surface area contributed by atoms with Crippen molar-refractivity contribution >= 4 is 5.78 Å². The highest BCUT2D eigenvalue weighted by Gasteiger charge is 2.17. The van der Waals surface area contributed by atoms with Crippen LogP contribution in [0.5, 0.6) is 5.75 Å². The van der Waals surface area contributed by atoms with Gasteiger partial charge in [-0.2, -0.15) is 0 Å². The minimum Gasteiger partial charge on any atom is -0.496 e. The molecule has 0 amide bonds. The van der Waals surface area contributed by atoms with Gasteiger partial charge < -0.3 is 10.5 Å². The Morgan fingerprint density at radius 1 is 1.11 bits per heavy atom. The number of para-hydroxylation sites is 1. The molecule has 0 aromatic heterocycles. The summed E-state index contributed by atoms with van der Waals surface area (Å²) in [6.07, 6.45) is 0.278. The second-order valence-corrected chi connectivity index (χ2v) is 4.34. The minimum absolute atomic E-state index is 0.0179. The normalized spacial score (nSPS) is 11.9. The van der Waals surface area contributed by atoms with Gasteiger partial charge in [-0.3, -0.25) is 4.79 Å². The quantitative estimate of drug-likeness (QED) is 0.893. The minimum atomic E-state index is -0.592. The van der Waals surface area contributed by atoms with Gasteiger partial charge in [0.15, 0.2) is 5.78 Å². The average Bonchev–Trinajstić information content (AvgIpc) is 2.48. The number of carbonyl (C=O) groups is 1. The highest BCUT2D eigenvalue weighted by Crippen LogP contribution is 2.20. The van der Waals surface area contributed by atoms with Crippen molar-refractivity contribution < 1.29 is 9.53 Å². The Kier molecular flexibility index (Phi) is 4.31. The van der Waals surface area contributed by atoms with Gasteiger partial charge in [-0.15, -0.1) is 0 Å². The van der Waals surface area contributed by atoms with E-state index in [9.17, 15) is 4.79 Å². The Hall–Kier alpha value is -2.13. The number of ether oxygens (including phenoxy) is 1. The summed E-state index contributed by atoms with van der Waals surface area (Å²) in [6, 6.07) is 16.3. The fraction of sp³-hybridized carbons (Fsp3) is 0.188. The van der Waals surface area contributed by atoms with E-state index in [1.54, 1.807) is 7.11 Å². The molecule has 2 N–H and O–H groups in total. The number of benzene rings is 2. The van der Waals surface area contributed by atoms with Crippen molar-refractivity contribution in [2.45, 2.75) is 12.5 Å². The standard InChI is InChI=1S/C16H17NO2/c1-19-15-10-6-5-9-13(15)11-14(18)16(17)12-7-3-2-4-8-12/h2-10,16H,11,17H2,1H3. The molecule has 0 aliphatic carbocycles. The van der Waals surface area contributed by atoms with Crippen LogP contribution in [0, 0.1) is 0 Å². The maximum absolute atomic E-state index is 12.2. The lowest BCUT2D eigenvalue weighted by atomic mass is 9.98. The number of hydrogen-bond acceptors (Lipinski definition) is 3. The van der Waals surface area contributed by atoms with E-state index in [0.29, 0.717) is 0 Å². The van der Waals surface area contributed by atoms with Crippen LogP contribution >= 0.6 is 0 Å². The molecule has 2 aromatic carbocycles. The van der Waals surface area contributed by atoms with Gasteiger partial charge in [0.1, 0.15) is 5.75 Å². The molecule has 19 heavy (non-hydrogen) atoms. The Bertz CT molecular complexity index is 552. The van der Waals surface area contributed by atoms with Gasteiger partial charge >= 0.3 is 0 Å². The van der Waals surface area contributed by atoms with E-state index in [1.165, 1.54) is 0 Å². The van der Waals surface area contributed by atoms with E-state index >= 15 is 0 Å². The van der Waals surface area contributed by atoms with Crippen LogP contribution in [0.3, 0.4) is 0 Å². The maximum atomic E-state index is 12.2. The van der Waals surface area contributed by atoms with Crippen molar-refractivity contribution in [3.8, 4) is 5.75 Å². The van der Waals surface area contributed by atoms with Gasteiger partial charge in [0.2, 0.25) is 0 Å². The predicted octanol–water partition coefficient (Wildman–Crippen LogP) is 2.51. The van der Waals surface area contributed by atoms with E-state index in [1.807, 2.05) is 54.6 Å². The molecule has 0 spiro atoms. The van der Waals surface area contributed by atoms with Gasteiger partial charge in [-0.1, -0.05) is 48.5 Å². The van der Waals surface area contributed by atoms with Crippen molar-refractivity contribution in [1.82, 2.24) is 0 Å². The van der Waals surface area contributed by atoms with E-state index in [4.69, 9.17) is 10.5 Å². The molecule has 0 saturated heterocycles. The van der Waals surface area contributed by atoms with Crippen LogP contribution in [-0.2, 0) is 11.2 Å². The van der Waals surface area contributed by atoms with E-state index in [2.05, 4.69) is 0 Å². The first-order valence-electron chi connectivity index (χ1n) is 6.17. The van der Waals surface area contributed by atoms with E-state index in [-0.39, 0.29) is 12.2 Å². The lowest BCUT2D eigenvalue weighted by molar-refractivity contribution is -0.119. The second kappa shape index (κ2) is 6.16. The number of ketones is 1. The molecule has 2 aromatic rings. The molecule has 1 atom stereocenters. The number of carbonyl (C=O) groups excluding carboxylic acids is 1. The van der Waals surface area contributed by atoms with Crippen LogP contribution < -0.4 is 10.5 Å². The molecule has 2 rings (SSSR count). The molecule has 0 radical (unpaired) electrons. The van der Waals surface area contributed by atoms with Gasteiger partial charge in [0.25, 0.3) is 0 Å². The van der Waals surface area contributed by atoms with Crippen LogP contribution in [0.15, 0.2) is 54.6 Å². The SMILES string of the molecule is COc1ccccc1CC(=O)C(N)c1ccccc1. The van der Waals surface area contributed by atoms with E-state index in [0.717, 1.165) is 16.9 Å². The molecule has 0 aliphatic rings. The summed E-state index contributed by atoms with van der Waals surface area (Å²) in [7, 11) is 1.60. The summed E-state index contributed by atoms with van der Waals surface area (Å²) >= 11 is 0. The average molecular weight is 255 g/mol. The number of nitrogens with two attached hydrogens (primary N) is 1. The molecule has 98 valence electrons. The first kappa shape index (κ1) is 13.3. The molecule has 0 fully saturated rings. The third-order valence-electron chi connectivity index (χ3n) is 3.06. The lowest BCUT2D eigenvalue weighted by Gasteiger charge is -2.12. The largest absolute Gasteiger partial charge is 0.496 e. The van der Waals surface area contributed by atoms with Crippen LogP contribution in [0.4, 0.5) is 0 Å². The number of Topliss-reactive ketones (excluding diaryl/α,β-unsaturated/α-hetero) is 1. The molecule has 0 aliphatic heterocycles. The van der Waals surface area contributed by atoms with Crippen LogP contribution in [0.25, 0.3) is 0 Å². The molecule has 3 nitrogen and oxygen atoms in total. The number of methoxy groups -OCH3 is 1. The topological polar surface area (TPSA) is 52.3 Å². The van der Waals surface area contributed by atoms with Gasteiger partial charge in [-0.25, -0.2) is 0 Å². The zero-order valence-electron chi connectivity index (χ0n) is 10.9. The zero-order valence-corrected chi connectivity index (χ0v) is 10.9. The van der Waals surface area contributed by atoms with Crippen LogP contribution in [0.2, 0.25) is 0 Å². The van der Waals surface area contributed by atoms with Gasteiger partial charge in [-0.05, 0) is 11.6 Å².